The predicted molar refractivity (Wildman–Crippen MR) is 163 cm³/mol. The fraction of sp³-hybridized carbons (Fsp3) is 0.143. The van der Waals surface area contributed by atoms with Gasteiger partial charge in [0.1, 0.15) is 0 Å². The summed E-state index contributed by atoms with van der Waals surface area (Å²) in [5.74, 6) is 0.603. The third-order valence-electron chi connectivity index (χ3n) is 8.14. The van der Waals surface area contributed by atoms with Crippen molar-refractivity contribution in [1.29, 1.82) is 0 Å². The van der Waals surface area contributed by atoms with Gasteiger partial charge in [0.15, 0.2) is 0 Å². The minimum atomic E-state index is 0.603. The van der Waals surface area contributed by atoms with E-state index in [0.29, 0.717) is 5.92 Å². The van der Waals surface area contributed by atoms with Gasteiger partial charge in [-0.25, -0.2) is 4.98 Å². The van der Waals surface area contributed by atoms with E-state index < -0.39 is 0 Å². The lowest BCUT2D eigenvalue weighted by Gasteiger charge is -2.17. The second kappa shape index (κ2) is 8.47. The van der Waals surface area contributed by atoms with Crippen LogP contribution in [0.1, 0.15) is 34.9 Å². The molecule has 1 unspecified atom stereocenters. The quantitative estimate of drug-likeness (QED) is 0.219. The number of aromatic nitrogens is 2. The fourth-order valence-electron chi connectivity index (χ4n) is 6.19. The standard InChI is InChI=1S/C35H26N2S/c1-21-10-16-32-29(18-21)30-19-24(15-17-33(30)38-32)22-11-13-23(14-12-22)31-20-36-34-27-8-4-2-6-25(27)26-7-3-5-9-28(26)35(34)37-31/h2-4,6-8,10-17,19-21H,5,9,18H2,1H3. The molecule has 0 N–H and O–H groups in total. The molecule has 0 amide bonds. The van der Waals surface area contributed by atoms with Crippen LogP contribution in [-0.4, -0.2) is 9.97 Å². The van der Waals surface area contributed by atoms with Crippen molar-refractivity contribution in [2.45, 2.75) is 26.2 Å². The van der Waals surface area contributed by atoms with E-state index in [2.05, 4.69) is 98.0 Å². The highest BCUT2D eigenvalue weighted by atomic mass is 32.1. The van der Waals surface area contributed by atoms with Crippen molar-refractivity contribution in [3.63, 3.8) is 0 Å². The Labute approximate surface area is 226 Å². The number of fused-ring (bicyclic) bond motifs is 9. The smallest absolute Gasteiger partial charge is 0.0968 e. The van der Waals surface area contributed by atoms with Crippen molar-refractivity contribution in [3.8, 4) is 22.4 Å². The second-order valence-electron chi connectivity index (χ2n) is 10.6. The number of hydrogen-bond acceptors (Lipinski definition) is 3. The summed E-state index contributed by atoms with van der Waals surface area (Å²) in [6.07, 6.45) is 14.3. The number of nitrogens with zero attached hydrogens (tertiary/aromatic N) is 2. The third-order valence-corrected chi connectivity index (χ3v) is 9.32. The zero-order valence-corrected chi connectivity index (χ0v) is 22.1. The van der Waals surface area contributed by atoms with Gasteiger partial charge in [-0.3, -0.25) is 4.98 Å². The van der Waals surface area contributed by atoms with Crippen LogP contribution >= 0.6 is 11.3 Å². The van der Waals surface area contributed by atoms with Crippen LogP contribution in [-0.2, 0) is 12.8 Å². The van der Waals surface area contributed by atoms with Gasteiger partial charge in [0.25, 0.3) is 0 Å². The Morgan fingerprint density at radius 3 is 2.50 bits per heavy atom. The summed E-state index contributed by atoms with van der Waals surface area (Å²) < 4.78 is 1.38. The molecule has 2 aliphatic rings. The van der Waals surface area contributed by atoms with Gasteiger partial charge >= 0.3 is 0 Å². The zero-order chi connectivity index (χ0) is 25.2. The number of aryl methyl sites for hydroxylation is 1. The summed E-state index contributed by atoms with van der Waals surface area (Å²) in [6.45, 7) is 2.30. The van der Waals surface area contributed by atoms with Crippen molar-refractivity contribution >= 4 is 55.4 Å². The molecule has 3 heteroatoms. The summed E-state index contributed by atoms with van der Waals surface area (Å²) in [7, 11) is 0. The molecule has 38 heavy (non-hydrogen) atoms. The van der Waals surface area contributed by atoms with Crippen molar-refractivity contribution < 1.29 is 0 Å². The third kappa shape index (κ3) is 3.39. The molecule has 0 radical (unpaired) electrons. The van der Waals surface area contributed by atoms with E-state index in [1.807, 2.05) is 17.5 Å². The molecule has 0 fully saturated rings. The van der Waals surface area contributed by atoms with E-state index >= 15 is 0 Å². The van der Waals surface area contributed by atoms with Crippen LogP contribution in [0, 0.1) is 5.92 Å². The molecular formula is C35H26N2S. The molecule has 0 spiro atoms. The van der Waals surface area contributed by atoms with Crippen LogP contribution in [0.15, 0.2) is 85.1 Å². The van der Waals surface area contributed by atoms with E-state index in [1.54, 1.807) is 0 Å². The Kier molecular flexibility index (Phi) is 4.89. The predicted octanol–water partition coefficient (Wildman–Crippen LogP) is 9.50. The Balaban J connectivity index is 1.20. The first kappa shape index (κ1) is 22.0. The van der Waals surface area contributed by atoms with E-state index in [0.717, 1.165) is 41.6 Å². The molecule has 2 nitrogen and oxygen atoms in total. The topological polar surface area (TPSA) is 25.8 Å². The Morgan fingerprint density at radius 2 is 1.61 bits per heavy atom. The molecule has 2 heterocycles. The molecule has 0 saturated heterocycles. The molecule has 6 aromatic rings. The highest BCUT2D eigenvalue weighted by Gasteiger charge is 2.18. The van der Waals surface area contributed by atoms with E-state index in [4.69, 9.17) is 9.97 Å². The monoisotopic (exact) mass is 506 g/mol. The van der Waals surface area contributed by atoms with Gasteiger partial charge in [-0.2, -0.15) is 0 Å². The molecular weight excluding hydrogens is 480 g/mol. The number of benzene rings is 4. The van der Waals surface area contributed by atoms with Crippen molar-refractivity contribution in [2.24, 2.45) is 5.92 Å². The number of allylic oxidation sites excluding steroid dienone is 2. The van der Waals surface area contributed by atoms with Crippen LogP contribution in [0.3, 0.4) is 0 Å². The minimum Gasteiger partial charge on any atom is -0.252 e. The Morgan fingerprint density at radius 1 is 0.789 bits per heavy atom. The van der Waals surface area contributed by atoms with Gasteiger partial charge in [0.2, 0.25) is 0 Å². The largest absolute Gasteiger partial charge is 0.252 e. The number of hydrogen-bond donors (Lipinski definition) is 0. The second-order valence-corrected chi connectivity index (χ2v) is 11.7. The van der Waals surface area contributed by atoms with E-state index in [-0.39, 0.29) is 0 Å². The van der Waals surface area contributed by atoms with Gasteiger partial charge in [0, 0.05) is 20.5 Å². The normalized spacial score (nSPS) is 16.3. The average molecular weight is 507 g/mol. The maximum absolute atomic E-state index is 5.20. The average Bonchev–Trinajstić information content (AvgIpc) is 3.34. The van der Waals surface area contributed by atoms with Gasteiger partial charge in [-0.15, -0.1) is 11.3 Å². The summed E-state index contributed by atoms with van der Waals surface area (Å²) in [6, 6.07) is 24.3. The molecule has 2 aromatic heterocycles. The van der Waals surface area contributed by atoms with Crippen LogP contribution in [0.25, 0.3) is 66.4 Å². The molecule has 182 valence electrons. The molecule has 0 aliphatic heterocycles. The Bertz CT molecular complexity index is 1960. The van der Waals surface area contributed by atoms with Gasteiger partial charge < -0.3 is 0 Å². The Hall–Kier alpha value is -4.08. The minimum absolute atomic E-state index is 0.603. The number of rotatable bonds is 2. The number of thiophene rings is 1. The van der Waals surface area contributed by atoms with E-state index in [9.17, 15) is 0 Å². The lowest BCUT2D eigenvalue weighted by molar-refractivity contribution is 0.724. The van der Waals surface area contributed by atoms with Crippen LogP contribution in [0.2, 0.25) is 0 Å². The molecule has 8 rings (SSSR count). The lowest BCUT2D eigenvalue weighted by atomic mass is 9.90. The lowest BCUT2D eigenvalue weighted by Crippen LogP contribution is -2.01. The van der Waals surface area contributed by atoms with Crippen LogP contribution in [0.5, 0.6) is 0 Å². The van der Waals surface area contributed by atoms with Crippen LogP contribution in [0.4, 0.5) is 0 Å². The molecule has 1 atom stereocenters. The first-order valence-electron chi connectivity index (χ1n) is 13.4. The first-order chi connectivity index (χ1) is 18.7. The zero-order valence-electron chi connectivity index (χ0n) is 21.2. The SMILES string of the molecule is CC1C=Cc2sc3ccc(-c4ccc(-c5cnc6c(n5)c5c(c7ccccc76)C=CCC5)cc4)cc3c2C1. The summed E-state index contributed by atoms with van der Waals surface area (Å²) >= 11 is 1.91. The fourth-order valence-corrected chi connectivity index (χ4v) is 7.32. The maximum atomic E-state index is 5.20. The van der Waals surface area contributed by atoms with Gasteiger partial charge in [0.05, 0.1) is 22.9 Å². The highest BCUT2D eigenvalue weighted by molar-refractivity contribution is 7.20. The van der Waals surface area contributed by atoms with Crippen molar-refractivity contribution in [1.82, 2.24) is 9.97 Å². The van der Waals surface area contributed by atoms with Gasteiger partial charge in [-0.05, 0) is 82.0 Å². The summed E-state index contributed by atoms with van der Waals surface area (Å²) in [5, 5.41) is 3.86. The maximum Gasteiger partial charge on any atom is 0.0968 e. The van der Waals surface area contributed by atoms with Crippen LogP contribution < -0.4 is 0 Å². The van der Waals surface area contributed by atoms with Gasteiger partial charge in [-0.1, -0.05) is 79.7 Å². The van der Waals surface area contributed by atoms with E-state index in [1.165, 1.54) is 53.6 Å². The summed E-state index contributed by atoms with van der Waals surface area (Å²) in [4.78, 5) is 11.6. The molecule has 2 aliphatic carbocycles. The van der Waals surface area contributed by atoms with Crippen molar-refractivity contribution in [2.75, 3.05) is 0 Å². The highest BCUT2D eigenvalue weighted by Crippen LogP contribution is 2.39. The molecule has 0 saturated carbocycles. The van der Waals surface area contributed by atoms with Crippen molar-refractivity contribution in [3.05, 3.63) is 107 Å². The molecule has 4 aromatic carbocycles. The molecule has 0 bridgehead atoms. The first-order valence-corrected chi connectivity index (χ1v) is 14.3. The summed E-state index contributed by atoms with van der Waals surface area (Å²) in [5.41, 5.74) is 10.7.